The molecule has 233 valence electrons. The van der Waals surface area contributed by atoms with E-state index in [1.165, 1.54) is 26.5 Å². The molecule has 43 heavy (non-hydrogen) atoms. The molecule has 0 saturated carbocycles. The first-order chi connectivity index (χ1) is 19.7. The Morgan fingerprint density at radius 3 is 0.837 bits per heavy atom. The van der Waals surface area contributed by atoms with Gasteiger partial charge < -0.3 is 0 Å². The molecule has 0 atom stereocenters. The zero-order chi connectivity index (χ0) is 32.5. The predicted molar refractivity (Wildman–Crippen MR) is 194 cm³/mol. The zero-order valence-electron chi connectivity index (χ0n) is 29.4. The standard InChI is InChI=1S/3C12H18OSi.Bi/c3*1-12(2,3)10-7-6-8-11(9-10)13-14(4)5;/h3*6-7,9H,1-5H3;. The van der Waals surface area contributed by atoms with E-state index in [0.29, 0.717) is 0 Å². The van der Waals surface area contributed by atoms with E-state index in [-0.39, 0.29) is 16.2 Å². The van der Waals surface area contributed by atoms with Gasteiger partial charge in [0.05, 0.1) is 0 Å². The molecule has 0 heterocycles. The van der Waals surface area contributed by atoms with Gasteiger partial charge in [-0.1, -0.05) is 0 Å². The third kappa shape index (κ3) is 9.54. The van der Waals surface area contributed by atoms with E-state index in [1.54, 1.807) is 0 Å². The van der Waals surface area contributed by atoms with Crippen molar-refractivity contribution in [2.45, 2.75) is 118 Å². The van der Waals surface area contributed by atoms with Gasteiger partial charge in [-0.05, 0) is 0 Å². The van der Waals surface area contributed by atoms with Crippen molar-refractivity contribution in [3.63, 3.8) is 0 Å². The van der Waals surface area contributed by atoms with E-state index in [0.717, 1.165) is 17.2 Å². The Morgan fingerprint density at radius 2 is 0.651 bits per heavy atom. The van der Waals surface area contributed by atoms with Crippen LogP contribution in [0.15, 0.2) is 54.6 Å². The summed E-state index contributed by atoms with van der Waals surface area (Å²) in [5.41, 5.74) is 4.01. The topological polar surface area (TPSA) is 27.7 Å². The quantitative estimate of drug-likeness (QED) is 0.205. The first-order valence-electron chi connectivity index (χ1n) is 15.4. The fourth-order valence-electron chi connectivity index (χ4n) is 4.79. The van der Waals surface area contributed by atoms with Gasteiger partial charge in [-0.25, -0.2) is 0 Å². The first-order valence-corrected chi connectivity index (χ1v) is 27.8. The van der Waals surface area contributed by atoms with Crippen LogP contribution in [-0.2, 0) is 16.2 Å². The van der Waals surface area contributed by atoms with Gasteiger partial charge in [0.1, 0.15) is 0 Å². The number of benzene rings is 3. The molecule has 0 fully saturated rings. The van der Waals surface area contributed by atoms with Gasteiger partial charge >= 0.3 is 278 Å². The summed E-state index contributed by atoms with van der Waals surface area (Å²) in [4.78, 5) is 0. The molecule has 0 spiro atoms. The van der Waals surface area contributed by atoms with Crippen LogP contribution in [0.25, 0.3) is 0 Å². The average molecular weight is 828 g/mol. The molecule has 0 amide bonds. The Morgan fingerprint density at radius 1 is 0.419 bits per heavy atom. The van der Waals surface area contributed by atoms with E-state index < -0.39 is 48.9 Å². The predicted octanol–water partition coefficient (Wildman–Crippen LogP) is 7.99. The summed E-state index contributed by atoms with van der Waals surface area (Å²) in [6.07, 6.45) is 0. The molecule has 0 unspecified atom stereocenters. The van der Waals surface area contributed by atoms with Crippen molar-refractivity contribution in [2.24, 2.45) is 0 Å². The van der Waals surface area contributed by atoms with Crippen LogP contribution in [0, 0.1) is 0 Å². The van der Waals surface area contributed by atoms with E-state index in [4.69, 9.17) is 13.3 Å². The van der Waals surface area contributed by atoms with Gasteiger partial charge in [-0.2, -0.15) is 0 Å². The zero-order valence-corrected chi connectivity index (χ0v) is 35.8. The first kappa shape index (κ1) is 36.1. The summed E-state index contributed by atoms with van der Waals surface area (Å²) in [6.45, 7) is 33.9. The second-order valence-corrected chi connectivity index (χ2v) is 29.5. The minimum absolute atomic E-state index is 0.0318. The maximum absolute atomic E-state index is 6.79. The van der Waals surface area contributed by atoms with Gasteiger partial charge in [0.2, 0.25) is 0 Å². The van der Waals surface area contributed by atoms with Crippen LogP contribution in [-0.4, -0.2) is 48.9 Å². The second kappa shape index (κ2) is 13.9. The molecular weight excluding hydrogens is 774 g/mol. The van der Waals surface area contributed by atoms with Crippen LogP contribution < -0.4 is 23.1 Å². The number of hydrogen-bond donors (Lipinski definition) is 0. The Hall–Kier alpha value is -1.41. The van der Waals surface area contributed by atoms with Crippen molar-refractivity contribution in [2.75, 3.05) is 0 Å². The summed E-state index contributed by atoms with van der Waals surface area (Å²) >= 11 is -3.10. The third-order valence-electron chi connectivity index (χ3n) is 7.14. The van der Waals surface area contributed by atoms with Gasteiger partial charge in [0, 0.05) is 0 Å². The fourth-order valence-corrected chi connectivity index (χ4v) is 17.2. The van der Waals surface area contributed by atoms with Crippen LogP contribution in [0.2, 0.25) is 39.3 Å². The molecule has 0 aliphatic heterocycles. The van der Waals surface area contributed by atoms with Crippen LogP contribution in [0.4, 0.5) is 0 Å². The van der Waals surface area contributed by atoms with E-state index in [1.807, 2.05) is 0 Å². The maximum atomic E-state index is 6.79. The van der Waals surface area contributed by atoms with Gasteiger partial charge in [0.25, 0.3) is 0 Å². The molecule has 0 aliphatic carbocycles. The second-order valence-electron chi connectivity index (χ2n) is 15.2. The van der Waals surface area contributed by atoms with Crippen LogP contribution >= 0.6 is 0 Å². The molecule has 3 nitrogen and oxygen atoms in total. The minimum atomic E-state index is -3.10. The fraction of sp³-hybridized carbons (Fsp3) is 0.500. The molecule has 0 aromatic heterocycles. The summed E-state index contributed by atoms with van der Waals surface area (Å²) in [5.74, 6) is 3.16. The van der Waals surface area contributed by atoms with Crippen molar-refractivity contribution < 1.29 is 13.3 Å². The summed E-state index contributed by atoms with van der Waals surface area (Å²) in [5, 5.41) is 0. The summed E-state index contributed by atoms with van der Waals surface area (Å²) in [7, 11) is -2.99. The molecule has 3 aromatic rings. The molecule has 0 N–H and O–H groups in total. The third-order valence-corrected chi connectivity index (χ3v) is 19.0. The van der Waals surface area contributed by atoms with Crippen molar-refractivity contribution >= 4 is 58.7 Å². The van der Waals surface area contributed by atoms with Crippen molar-refractivity contribution in [1.82, 2.24) is 0 Å². The molecule has 3 radical (unpaired) electrons. The Kier molecular flexibility index (Phi) is 11.7. The Labute approximate surface area is 276 Å². The van der Waals surface area contributed by atoms with Gasteiger partial charge in [0.15, 0.2) is 0 Å². The molecule has 7 heteroatoms. The van der Waals surface area contributed by atoms with E-state index in [9.17, 15) is 0 Å². The molecule has 3 rings (SSSR count). The molecule has 3 aromatic carbocycles. The Balaban J connectivity index is 2.48. The number of hydrogen-bond acceptors (Lipinski definition) is 3. The van der Waals surface area contributed by atoms with Gasteiger partial charge in [-0.3, -0.25) is 0 Å². The van der Waals surface area contributed by atoms with Gasteiger partial charge in [-0.15, -0.1) is 0 Å². The number of rotatable bonds is 9. The van der Waals surface area contributed by atoms with Crippen LogP contribution in [0.5, 0.6) is 17.2 Å². The average Bonchev–Trinajstić information content (AvgIpc) is 2.83. The van der Waals surface area contributed by atoms with E-state index in [2.05, 4.69) is 156 Å². The monoisotopic (exact) mass is 827 g/mol. The molecule has 0 bridgehead atoms. The van der Waals surface area contributed by atoms with Crippen LogP contribution in [0.1, 0.15) is 79.0 Å². The summed E-state index contributed by atoms with van der Waals surface area (Å²) in [6, 6.07) is 21.1. The van der Waals surface area contributed by atoms with Crippen molar-refractivity contribution in [1.29, 1.82) is 0 Å². The normalized spacial score (nSPS) is 12.9. The van der Waals surface area contributed by atoms with Crippen LogP contribution in [0.3, 0.4) is 0 Å². The Bertz CT molecular complexity index is 1230. The molecular formula is C36H54BiO3Si3. The molecule has 0 aliphatic rings. The SMILES string of the molecule is C[Si](C)Oc1cc(C(C)(C)C)cc[c]1[Bi]([c]1ccc(C(C)(C)C)cc1O[Si](C)C)[c]1ccc(C(C)(C)C)cc1O[Si](C)C. The summed E-state index contributed by atoms with van der Waals surface area (Å²) < 4.78 is 24.4. The van der Waals surface area contributed by atoms with Crippen molar-refractivity contribution in [3.8, 4) is 17.2 Å². The van der Waals surface area contributed by atoms with Crippen molar-refractivity contribution in [3.05, 3.63) is 71.3 Å². The van der Waals surface area contributed by atoms with E-state index >= 15 is 0 Å². The molecule has 0 saturated heterocycles.